The highest BCUT2D eigenvalue weighted by Crippen LogP contribution is 2.27. The molecule has 0 radical (unpaired) electrons. The minimum Gasteiger partial charge on any atom is -0.481 e. The van der Waals surface area contributed by atoms with Crippen molar-refractivity contribution in [1.82, 2.24) is 10.6 Å². The number of hydrogen-bond donors (Lipinski definition) is 2. The molecule has 0 aromatic heterocycles. The second-order valence-corrected chi connectivity index (χ2v) is 5.61. The molecule has 1 aromatic carbocycles. The van der Waals surface area contributed by atoms with Gasteiger partial charge in [0, 0.05) is 23.2 Å². The molecule has 21 heavy (non-hydrogen) atoms. The lowest BCUT2D eigenvalue weighted by Gasteiger charge is -2.20. The van der Waals surface area contributed by atoms with E-state index in [1.54, 1.807) is 6.92 Å². The fraction of sp³-hybridized carbons (Fsp3) is 0.562. The van der Waals surface area contributed by atoms with E-state index >= 15 is 0 Å². The molecule has 118 valence electrons. The van der Waals surface area contributed by atoms with Crippen LogP contribution < -0.4 is 15.4 Å². The highest BCUT2D eigenvalue weighted by Gasteiger charge is 2.18. The van der Waals surface area contributed by atoms with Crippen molar-refractivity contribution in [2.24, 2.45) is 0 Å². The van der Waals surface area contributed by atoms with Crippen LogP contribution in [0.1, 0.15) is 39.2 Å². The lowest BCUT2D eigenvalue weighted by molar-refractivity contribution is -0.127. The van der Waals surface area contributed by atoms with Gasteiger partial charge in [-0.1, -0.05) is 31.0 Å². The largest absolute Gasteiger partial charge is 0.481 e. The van der Waals surface area contributed by atoms with Crippen LogP contribution >= 0.6 is 11.6 Å². The van der Waals surface area contributed by atoms with E-state index in [0.29, 0.717) is 17.3 Å². The molecule has 0 saturated heterocycles. The Balaban J connectivity index is 2.72. The molecular formula is C16H25ClN2O2. The van der Waals surface area contributed by atoms with Crippen molar-refractivity contribution in [3.63, 3.8) is 0 Å². The number of hydrogen-bond acceptors (Lipinski definition) is 3. The SMILES string of the molecule is CCCC(C)NC(=O)C(C)Oc1cccc(Cl)c1CNC. The van der Waals surface area contributed by atoms with E-state index in [0.717, 1.165) is 18.4 Å². The summed E-state index contributed by atoms with van der Waals surface area (Å²) in [6, 6.07) is 5.62. The van der Waals surface area contributed by atoms with Gasteiger partial charge in [0.15, 0.2) is 6.10 Å². The molecule has 0 saturated carbocycles. The van der Waals surface area contributed by atoms with Crippen molar-refractivity contribution in [1.29, 1.82) is 0 Å². The number of benzene rings is 1. The van der Waals surface area contributed by atoms with E-state index in [2.05, 4.69) is 17.6 Å². The van der Waals surface area contributed by atoms with Gasteiger partial charge in [0.05, 0.1) is 0 Å². The summed E-state index contributed by atoms with van der Waals surface area (Å²) in [5.41, 5.74) is 0.864. The molecule has 2 unspecified atom stereocenters. The van der Waals surface area contributed by atoms with Crippen molar-refractivity contribution >= 4 is 17.5 Å². The zero-order chi connectivity index (χ0) is 15.8. The number of nitrogens with one attached hydrogen (secondary N) is 2. The predicted octanol–water partition coefficient (Wildman–Crippen LogP) is 3.13. The van der Waals surface area contributed by atoms with Crippen LogP contribution in [-0.2, 0) is 11.3 Å². The maximum atomic E-state index is 12.1. The summed E-state index contributed by atoms with van der Waals surface area (Å²) >= 11 is 6.18. The second-order valence-electron chi connectivity index (χ2n) is 5.21. The Morgan fingerprint density at radius 3 is 2.71 bits per heavy atom. The number of rotatable bonds is 8. The first-order valence-corrected chi connectivity index (χ1v) is 7.76. The van der Waals surface area contributed by atoms with E-state index in [1.807, 2.05) is 32.2 Å². The summed E-state index contributed by atoms with van der Waals surface area (Å²) in [5, 5.41) is 6.64. The Morgan fingerprint density at radius 1 is 1.38 bits per heavy atom. The van der Waals surface area contributed by atoms with Crippen molar-refractivity contribution in [2.75, 3.05) is 7.05 Å². The monoisotopic (exact) mass is 312 g/mol. The highest BCUT2D eigenvalue weighted by molar-refractivity contribution is 6.31. The van der Waals surface area contributed by atoms with Gasteiger partial charge in [0.1, 0.15) is 5.75 Å². The number of ether oxygens (including phenoxy) is 1. The molecule has 4 nitrogen and oxygen atoms in total. The van der Waals surface area contributed by atoms with Crippen LogP contribution in [0.5, 0.6) is 5.75 Å². The molecule has 0 aliphatic heterocycles. The lowest BCUT2D eigenvalue weighted by atomic mass is 10.2. The zero-order valence-electron chi connectivity index (χ0n) is 13.2. The summed E-state index contributed by atoms with van der Waals surface area (Å²) in [5.74, 6) is 0.536. The van der Waals surface area contributed by atoms with Crippen molar-refractivity contribution in [3.8, 4) is 5.75 Å². The molecule has 0 spiro atoms. The maximum absolute atomic E-state index is 12.1. The molecule has 5 heteroatoms. The van der Waals surface area contributed by atoms with Gasteiger partial charge in [-0.3, -0.25) is 4.79 Å². The second kappa shape index (κ2) is 8.90. The summed E-state index contributed by atoms with van der Waals surface area (Å²) in [6.07, 6.45) is 1.44. The van der Waals surface area contributed by atoms with Crippen LogP contribution in [0.25, 0.3) is 0 Å². The molecule has 0 fully saturated rings. The Bertz CT molecular complexity index is 466. The highest BCUT2D eigenvalue weighted by atomic mass is 35.5. The number of carbonyl (C=O) groups is 1. The summed E-state index contributed by atoms with van der Waals surface area (Å²) in [7, 11) is 1.84. The van der Waals surface area contributed by atoms with Crippen LogP contribution in [0, 0.1) is 0 Å². The molecule has 2 N–H and O–H groups in total. The van der Waals surface area contributed by atoms with Gasteiger partial charge >= 0.3 is 0 Å². The van der Waals surface area contributed by atoms with Crippen LogP contribution in [0.4, 0.5) is 0 Å². The van der Waals surface area contributed by atoms with Gasteiger partial charge in [-0.15, -0.1) is 0 Å². The molecule has 1 rings (SSSR count). The van der Waals surface area contributed by atoms with E-state index in [9.17, 15) is 4.79 Å². The molecular weight excluding hydrogens is 288 g/mol. The minimum absolute atomic E-state index is 0.105. The van der Waals surface area contributed by atoms with Crippen LogP contribution in [0.2, 0.25) is 5.02 Å². The van der Waals surface area contributed by atoms with Crippen LogP contribution in [-0.4, -0.2) is 25.1 Å². The summed E-state index contributed by atoms with van der Waals surface area (Å²) in [6.45, 7) is 6.44. The van der Waals surface area contributed by atoms with Crippen molar-refractivity contribution in [2.45, 2.75) is 52.3 Å². The van der Waals surface area contributed by atoms with Crippen molar-refractivity contribution < 1.29 is 9.53 Å². The third-order valence-electron chi connectivity index (χ3n) is 3.21. The molecule has 2 atom stereocenters. The first-order chi connectivity index (χ1) is 9.99. The quantitative estimate of drug-likeness (QED) is 0.775. The van der Waals surface area contributed by atoms with Gasteiger partial charge in [-0.05, 0) is 39.4 Å². The van der Waals surface area contributed by atoms with E-state index in [4.69, 9.17) is 16.3 Å². The van der Waals surface area contributed by atoms with E-state index in [1.165, 1.54) is 0 Å². The molecule has 1 amide bonds. The summed E-state index contributed by atoms with van der Waals surface area (Å²) in [4.78, 5) is 12.1. The smallest absolute Gasteiger partial charge is 0.260 e. The summed E-state index contributed by atoms with van der Waals surface area (Å²) < 4.78 is 5.78. The molecule has 0 bridgehead atoms. The fourth-order valence-electron chi connectivity index (χ4n) is 2.11. The lowest BCUT2D eigenvalue weighted by Crippen LogP contribution is -2.41. The van der Waals surface area contributed by atoms with Gasteiger partial charge < -0.3 is 15.4 Å². The van der Waals surface area contributed by atoms with Crippen LogP contribution in [0.3, 0.4) is 0 Å². The number of amides is 1. The van der Waals surface area contributed by atoms with Crippen LogP contribution in [0.15, 0.2) is 18.2 Å². The van der Waals surface area contributed by atoms with Gasteiger partial charge in [-0.2, -0.15) is 0 Å². The standard InChI is InChI=1S/C16H25ClN2O2/c1-5-7-11(2)19-16(20)12(3)21-15-9-6-8-14(17)13(15)10-18-4/h6,8-9,11-12,18H,5,7,10H2,1-4H3,(H,19,20). The Labute approximate surface area is 132 Å². The molecule has 0 heterocycles. The van der Waals surface area contributed by atoms with Gasteiger partial charge in [-0.25, -0.2) is 0 Å². The van der Waals surface area contributed by atoms with Crippen molar-refractivity contribution in [3.05, 3.63) is 28.8 Å². The average Bonchev–Trinajstić information content (AvgIpc) is 2.42. The Hall–Kier alpha value is -1.26. The van der Waals surface area contributed by atoms with E-state index in [-0.39, 0.29) is 11.9 Å². The van der Waals surface area contributed by atoms with E-state index < -0.39 is 6.10 Å². The molecule has 1 aromatic rings. The Kier molecular flexibility index (Phi) is 7.54. The van der Waals surface area contributed by atoms with Gasteiger partial charge in [0.2, 0.25) is 0 Å². The van der Waals surface area contributed by atoms with Gasteiger partial charge in [0.25, 0.3) is 5.91 Å². The third-order valence-corrected chi connectivity index (χ3v) is 3.57. The average molecular weight is 313 g/mol. The Morgan fingerprint density at radius 2 is 2.10 bits per heavy atom. The first-order valence-electron chi connectivity index (χ1n) is 7.38. The number of halogens is 1. The molecule has 0 aliphatic rings. The topological polar surface area (TPSA) is 50.4 Å². The third kappa shape index (κ3) is 5.56. The fourth-order valence-corrected chi connectivity index (χ4v) is 2.34. The minimum atomic E-state index is -0.557. The number of carbonyl (C=O) groups excluding carboxylic acids is 1. The zero-order valence-corrected chi connectivity index (χ0v) is 14.0. The predicted molar refractivity (Wildman–Crippen MR) is 86.8 cm³/mol. The maximum Gasteiger partial charge on any atom is 0.260 e. The normalized spacial score (nSPS) is 13.6. The molecule has 0 aliphatic carbocycles. The first kappa shape index (κ1) is 17.8.